The van der Waals surface area contributed by atoms with Crippen LogP contribution >= 0.6 is 0 Å². The van der Waals surface area contributed by atoms with Crippen molar-refractivity contribution >= 4 is 32.5 Å². The van der Waals surface area contributed by atoms with E-state index >= 15 is 0 Å². The van der Waals surface area contributed by atoms with Crippen LogP contribution in [0.3, 0.4) is 0 Å². The second-order valence-electron chi connectivity index (χ2n) is 6.13. The summed E-state index contributed by atoms with van der Waals surface area (Å²) in [7, 11) is -3.75. The third-order valence-electron chi connectivity index (χ3n) is 4.25. The molecular weight excluding hydrogens is 378 g/mol. The number of carbonyl (C=O) groups excluding carboxylic acids is 1. The van der Waals surface area contributed by atoms with Gasteiger partial charge in [0.15, 0.2) is 0 Å². The molecule has 0 saturated carbocycles. The summed E-state index contributed by atoms with van der Waals surface area (Å²) in [6, 6.07) is 16.9. The van der Waals surface area contributed by atoms with E-state index in [0.29, 0.717) is 17.0 Å². The highest BCUT2D eigenvalue weighted by Gasteiger charge is 2.16. The number of anilines is 1. The van der Waals surface area contributed by atoms with Crippen LogP contribution in [-0.4, -0.2) is 19.3 Å². The molecule has 142 valence electrons. The predicted molar refractivity (Wildman–Crippen MR) is 105 cm³/mol. The first kappa shape index (κ1) is 18.0. The van der Waals surface area contributed by atoms with Crippen molar-refractivity contribution < 1.29 is 17.6 Å². The van der Waals surface area contributed by atoms with E-state index in [1.165, 1.54) is 18.4 Å². The highest BCUT2D eigenvalue weighted by molar-refractivity contribution is 7.89. The van der Waals surface area contributed by atoms with Gasteiger partial charge in [-0.15, -0.1) is 0 Å². The minimum atomic E-state index is -3.75. The zero-order valence-electron chi connectivity index (χ0n) is 14.7. The van der Waals surface area contributed by atoms with Crippen LogP contribution < -0.4 is 10.0 Å². The van der Waals surface area contributed by atoms with Crippen LogP contribution in [0.4, 0.5) is 5.69 Å². The minimum Gasteiger partial charge on any atom is -0.468 e. The Morgan fingerprint density at radius 1 is 1.04 bits per heavy atom. The maximum atomic E-state index is 12.6. The number of rotatable bonds is 6. The second-order valence-corrected chi connectivity index (χ2v) is 7.90. The number of benzene rings is 2. The monoisotopic (exact) mass is 395 g/mol. The summed E-state index contributed by atoms with van der Waals surface area (Å²) in [6.45, 7) is 0.0429. The van der Waals surface area contributed by atoms with E-state index in [0.717, 1.165) is 10.9 Å². The maximum Gasteiger partial charge on any atom is 0.257 e. The lowest BCUT2D eigenvalue weighted by Crippen LogP contribution is -2.23. The number of H-pyrrole nitrogens is 1. The van der Waals surface area contributed by atoms with Crippen LogP contribution in [-0.2, 0) is 16.6 Å². The standard InChI is InChI=1S/C20H17N3O4S/c24-20(18-13-21-19-9-2-1-8-17(18)19)23-14-5-3-7-16(11-14)28(25,26)22-12-15-6-4-10-27-15/h1-11,13,21-22H,12H2,(H,23,24). The highest BCUT2D eigenvalue weighted by Crippen LogP contribution is 2.21. The van der Waals surface area contributed by atoms with E-state index in [-0.39, 0.29) is 17.3 Å². The van der Waals surface area contributed by atoms with Crippen molar-refractivity contribution in [1.29, 1.82) is 0 Å². The molecule has 0 aliphatic heterocycles. The summed E-state index contributed by atoms with van der Waals surface area (Å²) in [5.41, 5.74) is 1.72. The van der Waals surface area contributed by atoms with Crippen LogP contribution in [0.15, 0.2) is 82.4 Å². The number of hydrogen-bond donors (Lipinski definition) is 3. The van der Waals surface area contributed by atoms with Gasteiger partial charge in [0.05, 0.1) is 23.3 Å². The number of hydrogen-bond acceptors (Lipinski definition) is 4. The minimum absolute atomic E-state index is 0.0429. The highest BCUT2D eigenvalue weighted by atomic mass is 32.2. The maximum absolute atomic E-state index is 12.6. The number of furan rings is 1. The molecule has 4 rings (SSSR count). The molecule has 2 aromatic carbocycles. The van der Waals surface area contributed by atoms with Gasteiger partial charge in [-0.05, 0) is 36.4 Å². The number of aromatic amines is 1. The van der Waals surface area contributed by atoms with Crippen molar-refractivity contribution in [3.63, 3.8) is 0 Å². The SMILES string of the molecule is O=C(Nc1cccc(S(=O)(=O)NCc2ccco2)c1)c1c[nH]c2ccccc12. The van der Waals surface area contributed by atoms with Crippen molar-refractivity contribution in [1.82, 2.24) is 9.71 Å². The molecule has 28 heavy (non-hydrogen) atoms. The fourth-order valence-corrected chi connectivity index (χ4v) is 3.90. The Hall–Kier alpha value is -3.36. The molecule has 0 radical (unpaired) electrons. The Kier molecular flexibility index (Phi) is 4.72. The van der Waals surface area contributed by atoms with Gasteiger partial charge in [-0.2, -0.15) is 0 Å². The number of para-hydroxylation sites is 1. The first-order valence-electron chi connectivity index (χ1n) is 8.52. The van der Waals surface area contributed by atoms with E-state index in [1.807, 2.05) is 24.3 Å². The molecule has 0 unspecified atom stereocenters. The zero-order valence-corrected chi connectivity index (χ0v) is 15.5. The van der Waals surface area contributed by atoms with Gasteiger partial charge in [-0.3, -0.25) is 4.79 Å². The normalized spacial score (nSPS) is 11.6. The van der Waals surface area contributed by atoms with Crippen molar-refractivity contribution in [2.75, 3.05) is 5.32 Å². The van der Waals surface area contributed by atoms with Crippen molar-refractivity contribution in [2.24, 2.45) is 0 Å². The Morgan fingerprint density at radius 3 is 2.71 bits per heavy atom. The second kappa shape index (κ2) is 7.34. The molecule has 0 fully saturated rings. The van der Waals surface area contributed by atoms with Crippen molar-refractivity contribution in [2.45, 2.75) is 11.4 Å². The molecule has 1 amide bonds. The largest absolute Gasteiger partial charge is 0.468 e. The smallest absolute Gasteiger partial charge is 0.257 e. The predicted octanol–water partition coefficient (Wildman–Crippen LogP) is 3.49. The zero-order chi connectivity index (χ0) is 19.6. The molecule has 0 aliphatic rings. The molecule has 8 heteroatoms. The molecule has 0 bridgehead atoms. The van der Waals surface area contributed by atoms with E-state index in [9.17, 15) is 13.2 Å². The molecule has 3 N–H and O–H groups in total. The Bertz CT molecular complexity index is 1230. The van der Waals surface area contributed by atoms with Gasteiger partial charge in [-0.1, -0.05) is 24.3 Å². The molecule has 7 nitrogen and oxygen atoms in total. The molecule has 2 heterocycles. The summed E-state index contributed by atoms with van der Waals surface area (Å²) in [4.78, 5) is 15.7. The molecule has 0 saturated heterocycles. The number of amides is 1. The lowest BCUT2D eigenvalue weighted by Gasteiger charge is -2.09. The first-order chi connectivity index (χ1) is 13.5. The van der Waals surface area contributed by atoms with Crippen LogP contribution in [0.2, 0.25) is 0 Å². The molecule has 4 aromatic rings. The van der Waals surface area contributed by atoms with Crippen LogP contribution in [0, 0.1) is 0 Å². The fraction of sp³-hybridized carbons (Fsp3) is 0.0500. The molecular formula is C20H17N3O4S. The van der Waals surface area contributed by atoms with Gasteiger partial charge < -0.3 is 14.7 Å². The Balaban J connectivity index is 1.52. The fourth-order valence-electron chi connectivity index (χ4n) is 2.86. The average Bonchev–Trinajstić information content (AvgIpc) is 3.36. The number of sulfonamides is 1. The van der Waals surface area contributed by atoms with E-state index in [1.54, 1.807) is 30.5 Å². The van der Waals surface area contributed by atoms with Gasteiger partial charge in [0.2, 0.25) is 10.0 Å². The Labute approximate surface area is 161 Å². The van der Waals surface area contributed by atoms with Crippen LogP contribution in [0.1, 0.15) is 16.1 Å². The number of aromatic nitrogens is 1. The van der Waals surface area contributed by atoms with Crippen LogP contribution in [0.25, 0.3) is 10.9 Å². The summed E-state index contributed by atoms with van der Waals surface area (Å²) < 4.78 is 32.6. The summed E-state index contributed by atoms with van der Waals surface area (Å²) in [6.07, 6.45) is 3.11. The lowest BCUT2D eigenvalue weighted by atomic mass is 10.1. The summed E-state index contributed by atoms with van der Waals surface area (Å²) in [5.74, 6) is 0.183. The molecule has 2 aromatic heterocycles. The van der Waals surface area contributed by atoms with Gasteiger partial charge in [0, 0.05) is 22.8 Å². The molecule has 0 aliphatic carbocycles. The molecule has 0 atom stereocenters. The van der Waals surface area contributed by atoms with E-state index in [4.69, 9.17) is 4.42 Å². The third-order valence-corrected chi connectivity index (χ3v) is 5.65. The molecule has 0 spiro atoms. The average molecular weight is 395 g/mol. The lowest BCUT2D eigenvalue weighted by molar-refractivity contribution is 0.102. The topological polar surface area (TPSA) is 104 Å². The van der Waals surface area contributed by atoms with Gasteiger partial charge in [0.1, 0.15) is 5.76 Å². The number of nitrogens with one attached hydrogen (secondary N) is 3. The number of carbonyl (C=O) groups is 1. The van der Waals surface area contributed by atoms with Gasteiger partial charge >= 0.3 is 0 Å². The van der Waals surface area contributed by atoms with E-state index in [2.05, 4.69) is 15.0 Å². The van der Waals surface area contributed by atoms with Gasteiger partial charge in [0.25, 0.3) is 5.91 Å². The summed E-state index contributed by atoms with van der Waals surface area (Å²) in [5, 5.41) is 3.54. The quantitative estimate of drug-likeness (QED) is 0.465. The van der Waals surface area contributed by atoms with Crippen molar-refractivity contribution in [3.05, 3.63) is 84.4 Å². The van der Waals surface area contributed by atoms with Crippen LogP contribution in [0.5, 0.6) is 0 Å². The number of fused-ring (bicyclic) bond motifs is 1. The third kappa shape index (κ3) is 3.68. The van der Waals surface area contributed by atoms with E-state index < -0.39 is 10.0 Å². The Morgan fingerprint density at radius 2 is 1.89 bits per heavy atom. The van der Waals surface area contributed by atoms with Crippen molar-refractivity contribution in [3.8, 4) is 0 Å². The first-order valence-corrected chi connectivity index (χ1v) is 10.0. The van der Waals surface area contributed by atoms with Gasteiger partial charge in [-0.25, -0.2) is 13.1 Å². The summed E-state index contributed by atoms with van der Waals surface area (Å²) >= 11 is 0.